The second-order valence-corrected chi connectivity index (χ2v) is 5.85. The van der Waals surface area contributed by atoms with Crippen molar-refractivity contribution in [2.45, 2.75) is 33.7 Å². The van der Waals surface area contributed by atoms with Gasteiger partial charge in [-0.1, -0.05) is 29.8 Å². The minimum Gasteiger partial charge on any atom is -0.346 e. The molecule has 0 radical (unpaired) electrons. The van der Waals surface area contributed by atoms with Gasteiger partial charge in [0.1, 0.15) is 0 Å². The van der Waals surface area contributed by atoms with E-state index in [1.165, 1.54) is 11.4 Å². The van der Waals surface area contributed by atoms with E-state index in [9.17, 15) is 5.26 Å². The molecule has 2 aromatic rings. The van der Waals surface area contributed by atoms with Gasteiger partial charge in [-0.25, -0.2) is 0 Å². The van der Waals surface area contributed by atoms with Crippen molar-refractivity contribution in [1.29, 1.82) is 5.26 Å². The van der Waals surface area contributed by atoms with Crippen LogP contribution in [-0.4, -0.2) is 4.57 Å². The molecule has 0 bridgehead atoms. The largest absolute Gasteiger partial charge is 0.346 e. The molecule has 0 atom stereocenters. The van der Waals surface area contributed by atoms with E-state index in [2.05, 4.69) is 44.4 Å². The van der Waals surface area contributed by atoms with Crippen LogP contribution < -0.4 is 0 Å². The number of hydrogen-bond acceptors (Lipinski definition) is 1. The van der Waals surface area contributed by atoms with Crippen LogP contribution in [0.2, 0.25) is 5.02 Å². The van der Waals surface area contributed by atoms with Crippen LogP contribution in [-0.2, 0) is 0 Å². The molecule has 0 spiro atoms. The van der Waals surface area contributed by atoms with Gasteiger partial charge in [0.2, 0.25) is 0 Å². The number of allylic oxidation sites excluding steroid dienone is 1. The van der Waals surface area contributed by atoms with Gasteiger partial charge in [-0.2, -0.15) is 5.26 Å². The zero-order valence-electron chi connectivity index (χ0n) is 12.8. The molecule has 2 nitrogen and oxygen atoms in total. The van der Waals surface area contributed by atoms with Crippen LogP contribution in [0, 0.1) is 25.2 Å². The Bertz CT molecular complexity index is 730. The number of benzene rings is 1. The van der Waals surface area contributed by atoms with Gasteiger partial charge >= 0.3 is 0 Å². The fraction of sp³-hybridized carbons (Fsp3) is 0.278. The maximum absolute atomic E-state index is 9.46. The van der Waals surface area contributed by atoms with E-state index in [1.807, 2.05) is 24.3 Å². The second-order valence-electron chi connectivity index (χ2n) is 5.44. The van der Waals surface area contributed by atoms with E-state index in [0.717, 1.165) is 11.1 Å². The van der Waals surface area contributed by atoms with E-state index in [-0.39, 0.29) is 0 Å². The Labute approximate surface area is 131 Å². The first kappa shape index (κ1) is 15.4. The summed E-state index contributed by atoms with van der Waals surface area (Å²) in [5, 5.41) is 10.1. The highest BCUT2D eigenvalue weighted by atomic mass is 35.5. The SMILES string of the molecule is Cc1cc(C=C(C#N)c2ccccc2Cl)c(C)n1C(C)C. The number of hydrogen-bond donors (Lipinski definition) is 0. The number of aromatic nitrogens is 1. The molecule has 0 amide bonds. The molecule has 0 aliphatic carbocycles. The molecule has 0 aliphatic rings. The maximum Gasteiger partial charge on any atom is 0.0998 e. The van der Waals surface area contributed by atoms with E-state index < -0.39 is 0 Å². The molecule has 3 heteroatoms. The maximum atomic E-state index is 9.46. The Hall–Kier alpha value is -1.98. The van der Waals surface area contributed by atoms with Crippen LogP contribution in [0.3, 0.4) is 0 Å². The Morgan fingerprint density at radius 3 is 2.48 bits per heavy atom. The van der Waals surface area contributed by atoms with Crippen LogP contribution in [0.15, 0.2) is 30.3 Å². The average Bonchev–Trinajstić information content (AvgIpc) is 2.71. The van der Waals surface area contributed by atoms with Crippen molar-refractivity contribution >= 4 is 23.3 Å². The number of halogens is 1. The summed E-state index contributed by atoms with van der Waals surface area (Å²) in [5.74, 6) is 0. The van der Waals surface area contributed by atoms with Crippen molar-refractivity contribution in [1.82, 2.24) is 4.57 Å². The van der Waals surface area contributed by atoms with Crippen LogP contribution >= 0.6 is 11.6 Å². The standard InChI is InChI=1S/C18H19ClN2/c1-12(2)21-13(3)9-15(14(21)4)10-16(11-20)17-7-5-6-8-18(17)19/h5-10,12H,1-4H3. The number of rotatable bonds is 3. The Morgan fingerprint density at radius 1 is 1.29 bits per heavy atom. The molecule has 1 heterocycles. The molecule has 0 fully saturated rings. The van der Waals surface area contributed by atoms with Crippen molar-refractivity contribution in [3.05, 3.63) is 57.9 Å². The average molecular weight is 299 g/mol. The third-order valence-electron chi connectivity index (χ3n) is 3.62. The first-order valence-corrected chi connectivity index (χ1v) is 7.38. The van der Waals surface area contributed by atoms with Crippen molar-refractivity contribution in [2.75, 3.05) is 0 Å². The summed E-state index contributed by atoms with van der Waals surface area (Å²) in [4.78, 5) is 0. The first-order chi connectivity index (χ1) is 9.95. The molecule has 2 rings (SSSR count). The molecule has 0 aliphatic heterocycles. The van der Waals surface area contributed by atoms with Crippen LogP contribution in [0.4, 0.5) is 0 Å². The van der Waals surface area contributed by atoms with Crippen molar-refractivity contribution in [3.63, 3.8) is 0 Å². The van der Waals surface area contributed by atoms with Crippen molar-refractivity contribution < 1.29 is 0 Å². The highest BCUT2D eigenvalue weighted by molar-refractivity contribution is 6.32. The molecule has 0 saturated heterocycles. The Balaban J connectivity index is 2.55. The fourth-order valence-corrected chi connectivity index (χ4v) is 2.99. The minimum atomic E-state index is 0.401. The lowest BCUT2D eigenvalue weighted by Crippen LogP contribution is -2.04. The Morgan fingerprint density at radius 2 is 1.95 bits per heavy atom. The lowest BCUT2D eigenvalue weighted by atomic mass is 10.0. The van der Waals surface area contributed by atoms with E-state index in [1.54, 1.807) is 6.07 Å². The van der Waals surface area contributed by atoms with E-state index in [0.29, 0.717) is 16.6 Å². The number of nitriles is 1. The summed E-state index contributed by atoms with van der Waals surface area (Å²) in [6.07, 6.45) is 1.92. The molecule has 1 aromatic carbocycles. The van der Waals surface area contributed by atoms with Crippen LogP contribution in [0.25, 0.3) is 11.6 Å². The predicted molar refractivity (Wildman–Crippen MR) is 89.2 cm³/mol. The van der Waals surface area contributed by atoms with Gasteiger partial charge in [-0.05, 0) is 51.5 Å². The first-order valence-electron chi connectivity index (χ1n) is 7.00. The van der Waals surface area contributed by atoms with Crippen molar-refractivity contribution in [3.8, 4) is 6.07 Å². The molecular weight excluding hydrogens is 280 g/mol. The van der Waals surface area contributed by atoms with Gasteiger partial charge in [-0.15, -0.1) is 0 Å². The van der Waals surface area contributed by atoms with Crippen LogP contribution in [0.1, 0.15) is 42.4 Å². The summed E-state index contributed by atoms with van der Waals surface area (Å²) in [6.45, 7) is 8.49. The Kier molecular flexibility index (Phi) is 4.55. The second kappa shape index (κ2) is 6.20. The third-order valence-corrected chi connectivity index (χ3v) is 3.95. The van der Waals surface area contributed by atoms with E-state index >= 15 is 0 Å². The highest BCUT2D eigenvalue weighted by Gasteiger charge is 2.12. The molecule has 1 aromatic heterocycles. The van der Waals surface area contributed by atoms with Gasteiger partial charge in [0.05, 0.1) is 11.6 Å². The molecule has 0 saturated carbocycles. The summed E-state index contributed by atoms with van der Waals surface area (Å²) in [6, 6.07) is 12.2. The normalized spacial score (nSPS) is 11.8. The van der Waals surface area contributed by atoms with Gasteiger partial charge in [0, 0.05) is 28.0 Å². The topological polar surface area (TPSA) is 28.7 Å². The molecule has 21 heavy (non-hydrogen) atoms. The monoisotopic (exact) mass is 298 g/mol. The van der Waals surface area contributed by atoms with Crippen LogP contribution in [0.5, 0.6) is 0 Å². The zero-order chi connectivity index (χ0) is 15.6. The smallest absolute Gasteiger partial charge is 0.0998 e. The molecule has 108 valence electrons. The fourth-order valence-electron chi connectivity index (χ4n) is 2.75. The van der Waals surface area contributed by atoms with Gasteiger partial charge in [0.25, 0.3) is 0 Å². The molecular formula is C18H19ClN2. The summed E-state index contributed by atoms with van der Waals surface area (Å²) in [5.41, 5.74) is 4.80. The lowest BCUT2D eigenvalue weighted by molar-refractivity contribution is 0.574. The van der Waals surface area contributed by atoms with Gasteiger partial charge in [0.15, 0.2) is 0 Å². The number of aryl methyl sites for hydroxylation is 1. The van der Waals surface area contributed by atoms with E-state index in [4.69, 9.17) is 11.6 Å². The van der Waals surface area contributed by atoms with Gasteiger partial charge in [-0.3, -0.25) is 0 Å². The zero-order valence-corrected chi connectivity index (χ0v) is 13.6. The summed E-state index contributed by atoms with van der Waals surface area (Å²) < 4.78 is 2.27. The third kappa shape index (κ3) is 3.04. The lowest BCUT2D eigenvalue weighted by Gasteiger charge is -2.13. The molecule has 0 N–H and O–H groups in total. The van der Waals surface area contributed by atoms with Gasteiger partial charge < -0.3 is 4.57 Å². The number of nitrogens with zero attached hydrogens (tertiary/aromatic N) is 2. The summed E-state index contributed by atoms with van der Waals surface area (Å²) >= 11 is 6.19. The van der Waals surface area contributed by atoms with Crippen molar-refractivity contribution in [2.24, 2.45) is 0 Å². The summed E-state index contributed by atoms with van der Waals surface area (Å²) in [7, 11) is 0. The molecule has 0 unspecified atom stereocenters. The quantitative estimate of drug-likeness (QED) is 0.697. The predicted octanol–water partition coefficient (Wildman–Crippen LogP) is 5.40. The minimum absolute atomic E-state index is 0.401. The highest BCUT2D eigenvalue weighted by Crippen LogP contribution is 2.28.